The SMILES string of the molecule is CCC1CN(Cc2ccccc2C)c2ccc(N)cc2O1. The summed E-state index contributed by atoms with van der Waals surface area (Å²) in [6.45, 7) is 6.15. The van der Waals surface area contributed by atoms with Gasteiger partial charge in [0.1, 0.15) is 11.9 Å². The van der Waals surface area contributed by atoms with E-state index in [0.29, 0.717) is 0 Å². The Kier molecular flexibility index (Phi) is 3.74. The molecule has 2 N–H and O–H groups in total. The zero-order chi connectivity index (χ0) is 14.8. The Morgan fingerprint density at radius 3 is 2.81 bits per heavy atom. The molecule has 1 atom stereocenters. The van der Waals surface area contributed by atoms with Crippen molar-refractivity contribution in [1.29, 1.82) is 0 Å². The molecule has 21 heavy (non-hydrogen) atoms. The molecule has 3 heteroatoms. The maximum Gasteiger partial charge on any atom is 0.145 e. The molecular weight excluding hydrogens is 260 g/mol. The number of hydrogen-bond acceptors (Lipinski definition) is 3. The van der Waals surface area contributed by atoms with Crippen molar-refractivity contribution >= 4 is 11.4 Å². The van der Waals surface area contributed by atoms with Crippen LogP contribution in [0.4, 0.5) is 11.4 Å². The van der Waals surface area contributed by atoms with E-state index in [1.807, 2.05) is 12.1 Å². The van der Waals surface area contributed by atoms with Crippen LogP contribution < -0.4 is 15.4 Å². The van der Waals surface area contributed by atoms with Crippen LogP contribution in [0.3, 0.4) is 0 Å². The van der Waals surface area contributed by atoms with Gasteiger partial charge in [-0.15, -0.1) is 0 Å². The van der Waals surface area contributed by atoms with Crippen LogP contribution in [0.25, 0.3) is 0 Å². The first-order valence-corrected chi connectivity index (χ1v) is 7.53. The standard InChI is InChI=1S/C18H22N2O/c1-3-16-12-20(11-14-7-5-4-6-13(14)2)17-9-8-15(19)10-18(17)21-16/h4-10,16H,3,11-12,19H2,1-2H3. The number of benzene rings is 2. The van der Waals surface area contributed by atoms with E-state index >= 15 is 0 Å². The van der Waals surface area contributed by atoms with E-state index in [1.54, 1.807) is 0 Å². The molecule has 110 valence electrons. The maximum atomic E-state index is 6.04. The average molecular weight is 282 g/mol. The number of nitrogen functional groups attached to an aromatic ring is 1. The Bertz CT molecular complexity index is 639. The summed E-state index contributed by atoms with van der Waals surface area (Å²) in [4.78, 5) is 2.40. The predicted octanol–water partition coefficient (Wildman–Crippen LogP) is 3.75. The van der Waals surface area contributed by atoms with Crippen molar-refractivity contribution < 1.29 is 4.74 Å². The summed E-state index contributed by atoms with van der Waals surface area (Å²) in [6.07, 6.45) is 1.22. The minimum absolute atomic E-state index is 0.225. The number of hydrogen-bond donors (Lipinski definition) is 1. The van der Waals surface area contributed by atoms with Crippen LogP contribution >= 0.6 is 0 Å². The van der Waals surface area contributed by atoms with E-state index in [9.17, 15) is 0 Å². The molecule has 0 aromatic heterocycles. The number of anilines is 2. The minimum Gasteiger partial charge on any atom is -0.486 e. The zero-order valence-corrected chi connectivity index (χ0v) is 12.7. The monoisotopic (exact) mass is 282 g/mol. The van der Waals surface area contributed by atoms with Crippen LogP contribution in [0.1, 0.15) is 24.5 Å². The van der Waals surface area contributed by atoms with Crippen LogP contribution in [0.15, 0.2) is 42.5 Å². The summed E-state index contributed by atoms with van der Waals surface area (Å²) in [6, 6.07) is 14.5. The van der Waals surface area contributed by atoms with Crippen LogP contribution in [-0.4, -0.2) is 12.6 Å². The smallest absolute Gasteiger partial charge is 0.145 e. The fourth-order valence-corrected chi connectivity index (χ4v) is 2.80. The van der Waals surface area contributed by atoms with Gasteiger partial charge in [-0.05, 0) is 36.6 Å². The van der Waals surface area contributed by atoms with Crippen molar-refractivity contribution in [3.05, 3.63) is 53.6 Å². The number of aryl methyl sites for hydroxylation is 1. The number of nitrogens with zero attached hydrogens (tertiary/aromatic N) is 1. The van der Waals surface area contributed by atoms with Gasteiger partial charge in [-0.1, -0.05) is 31.2 Å². The second-order valence-electron chi connectivity index (χ2n) is 5.68. The van der Waals surface area contributed by atoms with E-state index < -0.39 is 0 Å². The summed E-state index contributed by atoms with van der Waals surface area (Å²) in [5.74, 6) is 0.904. The van der Waals surface area contributed by atoms with Gasteiger partial charge in [0, 0.05) is 18.3 Å². The van der Waals surface area contributed by atoms with E-state index in [4.69, 9.17) is 10.5 Å². The summed E-state index contributed by atoms with van der Waals surface area (Å²) in [5, 5.41) is 0. The van der Waals surface area contributed by atoms with Gasteiger partial charge in [0.05, 0.1) is 12.2 Å². The van der Waals surface area contributed by atoms with E-state index in [0.717, 1.165) is 36.6 Å². The highest BCUT2D eigenvalue weighted by atomic mass is 16.5. The molecular formula is C18H22N2O. The molecule has 2 aromatic carbocycles. The first-order valence-electron chi connectivity index (χ1n) is 7.53. The number of ether oxygens (including phenoxy) is 1. The fourth-order valence-electron chi connectivity index (χ4n) is 2.80. The van der Waals surface area contributed by atoms with E-state index in [-0.39, 0.29) is 6.10 Å². The van der Waals surface area contributed by atoms with Crippen LogP contribution in [0.5, 0.6) is 5.75 Å². The van der Waals surface area contributed by atoms with Gasteiger partial charge in [-0.2, -0.15) is 0 Å². The highest BCUT2D eigenvalue weighted by Gasteiger charge is 2.25. The molecule has 1 heterocycles. The normalized spacial score (nSPS) is 17.2. The van der Waals surface area contributed by atoms with E-state index in [1.165, 1.54) is 11.1 Å². The number of fused-ring (bicyclic) bond motifs is 1. The first-order chi connectivity index (χ1) is 10.2. The van der Waals surface area contributed by atoms with Crippen molar-refractivity contribution in [1.82, 2.24) is 0 Å². The van der Waals surface area contributed by atoms with E-state index in [2.05, 4.69) is 49.1 Å². The molecule has 0 aliphatic carbocycles. The first kappa shape index (κ1) is 13.8. The van der Waals surface area contributed by atoms with Crippen molar-refractivity contribution in [3.8, 4) is 5.75 Å². The molecule has 0 spiro atoms. The topological polar surface area (TPSA) is 38.5 Å². The lowest BCUT2D eigenvalue weighted by Crippen LogP contribution is -2.39. The molecule has 0 amide bonds. The van der Waals surface area contributed by atoms with Crippen molar-refractivity contribution in [2.75, 3.05) is 17.2 Å². The lowest BCUT2D eigenvalue weighted by molar-refractivity contribution is 0.189. The van der Waals surface area contributed by atoms with Crippen molar-refractivity contribution in [2.24, 2.45) is 0 Å². The molecule has 3 nitrogen and oxygen atoms in total. The summed E-state index contributed by atoms with van der Waals surface area (Å²) in [7, 11) is 0. The maximum absolute atomic E-state index is 6.04. The molecule has 0 radical (unpaired) electrons. The van der Waals surface area contributed by atoms with Gasteiger partial charge in [-0.3, -0.25) is 0 Å². The molecule has 0 saturated carbocycles. The molecule has 0 bridgehead atoms. The Morgan fingerprint density at radius 2 is 2.05 bits per heavy atom. The van der Waals surface area contributed by atoms with Gasteiger partial charge in [0.2, 0.25) is 0 Å². The van der Waals surface area contributed by atoms with Crippen LogP contribution in [0, 0.1) is 6.92 Å². The Hall–Kier alpha value is -2.16. The Labute approximate surface area is 126 Å². The van der Waals surface area contributed by atoms with Gasteiger partial charge < -0.3 is 15.4 Å². The van der Waals surface area contributed by atoms with Gasteiger partial charge in [0.25, 0.3) is 0 Å². The third-order valence-corrected chi connectivity index (χ3v) is 4.12. The molecule has 1 aliphatic rings. The number of nitrogens with two attached hydrogens (primary N) is 1. The van der Waals surface area contributed by atoms with Gasteiger partial charge >= 0.3 is 0 Å². The molecule has 1 unspecified atom stereocenters. The fraction of sp³-hybridized carbons (Fsp3) is 0.333. The second-order valence-corrected chi connectivity index (χ2v) is 5.68. The molecule has 0 fully saturated rings. The molecule has 3 rings (SSSR count). The lowest BCUT2D eigenvalue weighted by atomic mass is 10.1. The largest absolute Gasteiger partial charge is 0.486 e. The summed E-state index contributed by atoms with van der Waals surface area (Å²) < 4.78 is 6.04. The van der Waals surface area contributed by atoms with Crippen molar-refractivity contribution in [2.45, 2.75) is 32.9 Å². The lowest BCUT2D eigenvalue weighted by Gasteiger charge is -2.36. The quantitative estimate of drug-likeness (QED) is 0.871. The molecule has 2 aromatic rings. The average Bonchev–Trinajstić information content (AvgIpc) is 2.48. The van der Waals surface area contributed by atoms with Crippen molar-refractivity contribution in [3.63, 3.8) is 0 Å². The minimum atomic E-state index is 0.225. The molecule has 0 saturated heterocycles. The Balaban J connectivity index is 1.93. The second kappa shape index (κ2) is 5.68. The van der Waals surface area contributed by atoms with Crippen LogP contribution in [-0.2, 0) is 6.54 Å². The third-order valence-electron chi connectivity index (χ3n) is 4.12. The highest BCUT2D eigenvalue weighted by Crippen LogP contribution is 2.36. The summed E-state index contributed by atoms with van der Waals surface area (Å²) >= 11 is 0. The third kappa shape index (κ3) is 2.82. The highest BCUT2D eigenvalue weighted by molar-refractivity contribution is 5.65. The Morgan fingerprint density at radius 1 is 1.24 bits per heavy atom. The van der Waals surface area contributed by atoms with Gasteiger partial charge in [0.15, 0.2) is 0 Å². The zero-order valence-electron chi connectivity index (χ0n) is 12.7. The molecule has 1 aliphatic heterocycles. The predicted molar refractivity (Wildman–Crippen MR) is 87.8 cm³/mol. The summed E-state index contributed by atoms with van der Waals surface area (Å²) in [5.41, 5.74) is 10.5. The number of rotatable bonds is 3. The van der Waals surface area contributed by atoms with Gasteiger partial charge in [-0.25, -0.2) is 0 Å². The van der Waals surface area contributed by atoms with Crippen LogP contribution in [0.2, 0.25) is 0 Å².